The molecule has 0 unspecified atom stereocenters. The number of nitrogens with one attached hydrogen (secondary N) is 2. The van der Waals surface area contributed by atoms with Gasteiger partial charge in [0.1, 0.15) is 17.2 Å². The molecule has 0 aliphatic heterocycles. The predicted molar refractivity (Wildman–Crippen MR) is 76.3 cm³/mol. The molecule has 0 saturated heterocycles. The molecule has 0 radical (unpaired) electrons. The minimum atomic E-state index is -1.10. The normalized spacial score (nSPS) is 10.5. The molecule has 2 heterocycles. The zero-order chi connectivity index (χ0) is 14.7. The Morgan fingerprint density at radius 2 is 2.15 bits per heavy atom. The van der Waals surface area contributed by atoms with Crippen molar-refractivity contribution in [3.63, 3.8) is 0 Å². The molecule has 0 atom stereocenters. The van der Waals surface area contributed by atoms with Crippen molar-refractivity contribution < 1.29 is 14.7 Å². The summed E-state index contributed by atoms with van der Waals surface area (Å²) in [5, 5.41) is 14.4. The predicted octanol–water partition coefficient (Wildman–Crippen LogP) is 1.27. The Balaban J connectivity index is 2.09. The Morgan fingerprint density at radius 1 is 1.40 bits per heavy atom. The van der Waals surface area contributed by atoms with Gasteiger partial charge in [-0.1, -0.05) is 0 Å². The van der Waals surface area contributed by atoms with Crippen molar-refractivity contribution in [2.24, 2.45) is 0 Å². The molecule has 0 spiro atoms. The van der Waals surface area contributed by atoms with Crippen LogP contribution in [0.4, 0.5) is 5.82 Å². The van der Waals surface area contributed by atoms with Crippen molar-refractivity contribution in [3.05, 3.63) is 16.2 Å². The highest BCUT2D eigenvalue weighted by atomic mass is 35.5. The molecular formula is C11H11ClN4O3S. The summed E-state index contributed by atoms with van der Waals surface area (Å²) in [5.74, 6) is -1.09. The smallest absolute Gasteiger partial charge is 0.322 e. The van der Waals surface area contributed by atoms with Gasteiger partial charge in [-0.05, 0) is 24.6 Å². The molecule has 0 fully saturated rings. The van der Waals surface area contributed by atoms with Gasteiger partial charge < -0.3 is 15.7 Å². The van der Waals surface area contributed by atoms with Crippen LogP contribution in [0.1, 0.15) is 4.88 Å². The lowest BCUT2D eigenvalue weighted by Crippen LogP contribution is -2.34. The van der Waals surface area contributed by atoms with Gasteiger partial charge in [0, 0.05) is 4.88 Å². The zero-order valence-electron chi connectivity index (χ0n) is 10.4. The fraction of sp³-hybridized carbons (Fsp3) is 0.273. The van der Waals surface area contributed by atoms with Crippen LogP contribution in [0.25, 0.3) is 10.2 Å². The molecule has 20 heavy (non-hydrogen) atoms. The highest BCUT2D eigenvalue weighted by Gasteiger charge is 2.11. The van der Waals surface area contributed by atoms with Crippen LogP contribution >= 0.6 is 22.9 Å². The monoisotopic (exact) mass is 314 g/mol. The van der Waals surface area contributed by atoms with Crippen molar-refractivity contribution in [1.29, 1.82) is 0 Å². The summed E-state index contributed by atoms with van der Waals surface area (Å²) in [4.78, 5) is 31.7. The van der Waals surface area contributed by atoms with Gasteiger partial charge in [-0.25, -0.2) is 9.97 Å². The Bertz CT molecular complexity index is 673. The third-order valence-electron chi connectivity index (χ3n) is 2.34. The van der Waals surface area contributed by atoms with Crippen molar-refractivity contribution in [2.45, 2.75) is 6.92 Å². The number of nitrogens with zero attached hydrogens (tertiary/aromatic N) is 2. The van der Waals surface area contributed by atoms with Gasteiger partial charge in [0.15, 0.2) is 0 Å². The first-order valence-corrected chi connectivity index (χ1v) is 6.81. The lowest BCUT2D eigenvalue weighted by atomic mass is 10.3. The summed E-state index contributed by atoms with van der Waals surface area (Å²) in [5.41, 5.74) is 0. The Hall–Kier alpha value is -1.93. The lowest BCUT2D eigenvalue weighted by Gasteiger charge is -2.06. The standard InChI is InChI=1S/C11H11ClN4O3S/c1-5-2-6-9(15-11(12)16-10(6)20-5)14-3-7(17)13-4-8(18)19/h2H,3-4H2,1H3,(H,13,17)(H,18,19)(H,14,15,16). The average molecular weight is 315 g/mol. The Morgan fingerprint density at radius 3 is 2.85 bits per heavy atom. The van der Waals surface area contributed by atoms with E-state index in [1.165, 1.54) is 11.3 Å². The number of amides is 1. The van der Waals surface area contributed by atoms with E-state index in [9.17, 15) is 9.59 Å². The average Bonchev–Trinajstić information content (AvgIpc) is 2.73. The first kappa shape index (κ1) is 14.5. The molecular weight excluding hydrogens is 304 g/mol. The summed E-state index contributed by atoms with van der Waals surface area (Å²) in [6, 6.07) is 1.90. The van der Waals surface area contributed by atoms with E-state index in [1.54, 1.807) is 0 Å². The number of carboxylic acids is 1. The fourth-order valence-corrected chi connectivity index (χ4v) is 2.65. The van der Waals surface area contributed by atoms with E-state index in [0.717, 1.165) is 15.1 Å². The maximum absolute atomic E-state index is 11.4. The van der Waals surface area contributed by atoms with E-state index >= 15 is 0 Å². The van der Waals surface area contributed by atoms with Crippen molar-refractivity contribution >= 4 is 50.8 Å². The molecule has 0 saturated carbocycles. The van der Waals surface area contributed by atoms with Crippen LogP contribution in [0.3, 0.4) is 0 Å². The van der Waals surface area contributed by atoms with Crippen molar-refractivity contribution in [1.82, 2.24) is 15.3 Å². The number of aliphatic carboxylic acids is 1. The summed E-state index contributed by atoms with van der Waals surface area (Å²) >= 11 is 7.29. The highest BCUT2D eigenvalue weighted by Crippen LogP contribution is 2.29. The van der Waals surface area contributed by atoms with Gasteiger partial charge in [0.05, 0.1) is 11.9 Å². The lowest BCUT2D eigenvalue weighted by molar-refractivity contribution is -0.137. The number of aryl methyl sites for hydroxylation is 1. The number of carbonyl (C=O) groups excluding carboxylic acids is 1. The summed E-state index contributed by atoms with van der Waals surface area (Å²) in [6.45, 7) is 1.42. The number of carbonyl (C=O) groups is 2. The molecule has 1 amide bonds. The van der Waals surface area contributed by atoms with E-state index in [2.05, 4.69) is 20.6 Å². The first-order chi connectivity index (χ1) is 9.45. The van der Waals surface area contributed by atoms with Crippen molar-refractivity contribution in [2.75, 3.05) is 18.4 Å². The molecule has 0 aliphatic rings. The SMILES string of the molecule is Cc1cc2c(NCC(=O)NCC(=O)O)nc(Cl)nc2s1. The molecule has 7 nitrogen and oxygen atoms in total. The van der Waals surface area contributed by atoms with E-state index in [4.69, 9.17) is 16.7 Å². The van der Waals surface area contributed by atoms with Gasteiger partial charge >= 0.3 is 5.97 Å². The van der Waals surface area contributed by atoms with E-state index < -0.39 is 18.4 Å². The zero-order valence-corrected chi connectivity index (χ0v) is 12.0. The topological polar surface area (TPSA) is 104 Å². The van der Waals surface area contributed by atoms with Gasteiger partial charge in [0.25, 0.3) is 0 Å². The number of carboxylic acid groups (broad SMARTS) is 1. The maximum Gasteiger partial charge on any atom is 0.322 e. The number of hydrogen-bond acceptors (Lipinski definition) is 6. The molecule has 0 aromatic carbocycles. The first-order valence-electron chi connectivity index (χ1n) is 5.62. The number of halogens is 1. The second kappa shape index (κ2) is 6.02. The summed E-state index contributed by atoms with van der Waals surface area (Å²) in [7, 11) is 0. The second-order valence-corrected chi connectivity index (χ2v) is 5.51. The summed E-state index contributed by atoms with van der Waals surface area (Å²) < 4.78 is 0. The summed E-state index contributed by atoms with van der Waals surface area (Å²) in [6.07, 6.45) is 0. The molecule has 0 bridgehead atoms. The largest absolute Gasteiger partial charge is 0.480 e. The van der Waals surface area contributed by atoms with Gasteiger partial charge in [-0.15, -0.1) is 11.3 Å². The fourth-order valence-electron chi connectivity index (χ4n) is 1.55. The Kier molecular flexibility index (Phi) is 4.35. The van der Waals surface area contributed by atoms with Crippen LogP contribution in [-0.2, 0) is 9.59 Å². The van der Waals surface area contributed by atoms with Crippen LogP contribution in [0.15, 0.2) is 6.07 Å². The maximum atomic E-state index is 11.4. The van der Waals surface area contributed by atoms with E-state index in [1.807, 2.05) is 13.0 Å². The highest BCUT2D eigenvalue weighted by molar-refractivity contribution is 7.18. The number of hydrogen-bond donors (Lipinski definition) is 3. The quantitative estimate of drug-likeness (QED) is 0.718. The molecule has 0 aliphatic carbocycles. The van der Waals surface area contributed by atoms with Crippen molar-refractivity contribution in [3.8, 4) is 0 Å². The second-order valence-electron chi connectivity index (χ2n) is 3.94. The number of thiophene rings is 1. The van der Waals surface area contributed by atoms with Crippen LogP contribution in [0.2, 0.25) is 5.28 Å². The minimum Gasteiger partial charge on any atom is -0.480 e. The third kappa shape index (κ3) is 3.55. The van der Waals surface area contributed by atoms with Crippen LogP contribution in [0, 0.1) is 6.92 Å². The Labute approximate surface area is 123 Å². The number of rotatable bonds is 5. The number of aromatic nitrogens is 2. The van der Waals surface area contributed by atoms with Crippen LogP contribution < -0.4 is 10.6 Å². The number of anilines is 1. The third-order valence-corrected chi connectivity index (χ3v) is 3.46. The van der Waals surface area contributed by atoms with Gasteiger partial charge in [0.2, 0.25) is 11.2 Å². The van der Waals surface area contributed by atoms with E-state index in [-0.39, 0.29) is 11.8 Å². The molecule has 106 valence electrons. The number of fused-ring (bicyclic) bond motifs is 1. The van der Waals surface area contributed by atoms with Gasteiger partial charge in [-0.2, -0.15) is 0 Å². The molecule has 9 heteroatoms. The minimum absolute atomic E-state index is 0.0906. The van der Waals surface area contributed by atoms with E-state index in [0.29, 0.717) is 5.82 Å². The van der Waals surface area contributed by atoms with Crippen LogP contribution in [-0.4, -0.2) is 40.0 Å². The molecule has 2 rings (SSSR count). The molecule has 3 N–H and O–H groups in total. The molecule has 2 aromatic heterocycles. The molecule has 2 aromatic rings. The van der Waals surface area contributed by atoms with Gasteiger partial charge in [-0.3, -0.25) is 9.59 Å². The van der Waals surface area contributed by atoms with Crippen LogP contribution in [0.5, 0.6) is 0 Å².